The lowest BCUT2D eigenvalue weighted by Gasteiger charge is -2.47. The van der Waals surface area contributed by atoms with Crippen LogP contribution in [-0.4, -0.2) is 63.0 Å². The molecule has 3 aliphatic rings. The second kappa shape index (κ2) is 8.64. The fourth-order valence-corrected chi connectivity index (χ4v) is 6.58. The lowest BCUT2D eigenvalue weighted by Crippen LogP contribution is -2.50. The second-order valence-corrected chi connectivity index (χ2v) is 10.4. The number of thiophene rings is 1. The third kappa shape index (κ3) is 4.17. The van der Waals surface area contributed by atoms with Crippen LogP contribution in [0.15, 0.2) is 12.3 Å². The molecule has 0 unspecified atom stereocenters. The van der Waals surface area contributed by atoms with Crippen LogP contribution in [0, 0.1) is 0 Å². The zero-order valence-corrected chi connectivity index (χ0v) is 19.5. The maximum atomic E-state index is 11.8. The molecule has 0 bridgehead atoms. The standard InChI is InChI=1S/C23H33N5O2S/c1-3-19-13-20-21(31-19)6-12-30-23(20)7-9-27(17(2)14-23)15-18-16-28(25-24-18)11-10-26-8-4-5-22(26)29/h13,16-17H,3-12,14-15H2,1-2H3/t17-,23+/m0/s1. The first-order valence-corrected chi connectivity index (χ1v) is 12.5. The van der Waals surface area contributed by atoms with Crippen LogP contribution in [-0.2, 0) is 41.1 Å². The van der Waals surface area contributed by atoms with Crippen LogP contribution in [0.4, 0.5) is 0 Å². The number of nitrogens with zero attached hydrogens (tertiary/aromatic N) is 5. The van der Waals surface area contributed by atoms with Gasteiger partial charge in [0, 0.05) is 61.0 Å². The van der Waals surface area contributed by atoms with Crippen molar-refractivity contribution in [2.75, 3.05) is 26.2 Å². The van der Waals surface area contributed by atoms with E-state index in [0.29, 0.717) is 19.0 Å². The minimum atomic E-state index is -0.104. The summed E-state index contributed by atoms with van der Waals surface area (Å²) in [5, 5.41) is 8.70. The first-order valence-electron chi connectivity index (χ1n) is 11.7. The number of fused-ring (bicyclic) bond motifs is 2. The number of hydrogen-bond acceptors (Lipinski definition) is 6. The van der Waals surface area contributed by atoms with E-state index in [4.69, 9.17) is 4.74 Å². The minimum absolute atomic E-state index is 0.104. The number of likely N-dealkylation sites (tertiary alicyclic amines) is 2. The molecule has 0 aromatic carbocycles. The van der Waals surface area contributed by atoms with Gasteiger partial charge in [-0.3, -0.25) is 14.4 Å². The third-order valence-corrected chi connectivity index (χ3v) is 8.52. The molecular weight excluding hydrogens is 410 g/mol. The Bertz CT molecular complexity index is 940. The zero-order chi connectivity index (χ0) is 21.4. The van der Waals surface area contributed by atoms with Crippen LogP contribution in [0.25, 0.3) is 0 Å². The molecule has 0 saturated carbocycles. The zero-order valence-electron chi connectivity index (χ0n) is 18.7. The van der Waals surface area contributed by atoms with E-state index >= 15 is 0 Å². The Balaban J connectivity index is 1.20. The van der Waals surface area contributed by atoms with Gasteiger partial charge in [-0.25, -0.2) is 0 Å². The van der Waals surface area contributed by atoms with E-state index < -0.39 is 0 Å². The van der Waals surface area contributed by atoms with E-state index in [9.17, 15) is 4.79 Å². The minimum Gasteiger partial charge on any atom is -0.370 e. The summed E-state index contributed by atoms with van der Waals surface area (Å²) in [7, 11) is 0. The maximum Gasteiger partial charge on any atom is 0.222 e. The van der Waals surface area contributed by atoms with Gasteiger partial charge in [0.15, 0.2) is 0 Å². The van der Waals surface area contributed by atoms with E-state index in [1.165, 1.54) is 10.4 Å². The topological polar surface area (TPSA) is 63.5 Å². The smallest absolute Gasteiger partial charge is 0.222 e. The van der Waals surface area contributed by atoms with E-state index in [2.05, 4.69) is 35.1 Å². The van der Waals surface area contributed by atoms with Gasteiger partial charge in [0.05, 0.1) is 24.4 Å². The van der Waals surface area contributed by atoms with E-state index in [0.717, 1.165) is 70.6 Å². The van der Waals surface area contributed by atoms with Gasteiger partial charge in [-0.15, -0.1) is 16.4 Å². The summed E-state index contributed by atoms with van der Waals surface area (Å²) >= 11 is 1.98. The summed E-state index contributed by atoms with van der Waals surface area (Å²) in [6.45, 7) is 9.54. The molecule has 5 rings (SSSR count). The van der Waals surface area contributed by atoms with Gasteiger partial charge in [-0.1, -0.05) is 12.1 Å². The van der Waals surface area contributed by atoms with Crippen molar-refractivity contribution in [1.29, 1.82) is 0 Å². The van der Waals surface area contributed by atoms with Gasteiger partial charge < -0.3 is 9.64 Å². The van der Waals surface area contributed by atoms with Crippen LogP contribution in [0.2, 0.25) is 0 Å². The number of amides is 1. The molecule has 168 valence electrons. The molecule has 3 aliphatic heterocycles. The van der Waals surface area contributed by atoms with Crippen LogP contribution in [0.3, 0.4) is 0 Å². The van der Waals surface area contributed by atoms with Crippen molar-refractivity contribution in [1.82, 2.24) is 24.8 Å². The molecule has 31 heavy (non-hydrogen) atoms. The number of aryl methyl sites for hydroxylation is 1. The number of piperidine rings is 1. The Kier molecular flexibility index (Phi) is 5.88. The van der Waals surface area contributed by atoms with Gasteiger partial charge in [0.1, 0.15) is 0 Å². The number of rotatable bonds is 6. The molecule has 2 aromatic rings. The Labute approximate surface area is 188 Å². The summed E-state index contributed by atoms with van der Waals surface area (Å²) in [6, 6.07) is 2.84. The second-order valence-electron chi connectivity index (χ2n) is 9.23. The highest BCUT2D eigenvalue weighted by Gasteiger charge is 2.44. The molecule has 7 nitrogen and oxygen atoms in total. The van der Waals surface area contributed by atoms with Crippen molar-refractivity contribution in [3.63, 3.8) is 0 Å². The van der Waals surface area contributed by atoms with E-state index in [1.807, 2.05) is 27.1 Å². The van der Waals surface area contributed by atoms with Crippen molar-refractivity contribution in [2.45, 2.75) is 77.1 Å². The Hall–Kier alpha value is -1.77. The third-order valence-electron chi connectivity index (χ3n) is 7.18. The highest BCUT2D eigenvalue weighted by Crippen LogP contribution is 2.46. The van der Waals surface area contributed by atoms with Gasteiger partial charge in [0.25, 0.3) is 0 Å². The summed E-state index contributed by atoms with van der Waals surface area (Å²) < 4.78 is 8.35. The first-order chi connectivity index (χ1) is 15.1. The van der Waals surface area contributed by atoms with Gasteiger partial charge in [0.2, 0.25) is 5.91 Å². The lowest BCUT2D eigenvalue weighted by atomic mass is 9.79. The average Bonchev–Trinajstić information content (AvgIpc) is 3.49. The van der Waals surface area contributed by atoms with Crippen LogP contribution in [0.5, 0.6) is 0 Å². The van der Waals surface area contributed by atoms with Crippen LogP contribution in [0.1, 0.15) is 60.5 Å². The number of hydrogen-bond donors (Lipinski definition) is 0. The highest BCUT2D eigenvalue weighted by molar-refractivity contribution is 7.12. The largest absolute Gasteiger partial charge is 0.370 e. The first kappa shape index (κ1) is 21.1. The molecule has 0 N–H and O–H groups in total. The van der Waals surface area contributed by atoms with Gasteiger partial charge >= 0.3 is 0 Å². The molecule has 2 atom stereocenters. The predicted molar refractivity (Wildman–Crippen MR) is 120 cm³/mol. The Morgan fingerprint density at radius 1 is 1.29 bits per heavy atom. The number of ether oxygens (including phenoxy) is 1. The number of aromatic nitrogens is 3. The Morgan fingerprint density at radius 2 is 2.19 bits per heavy atom. The monoisotopic (exact) mass is 443 g/mol. The predicted octanol–water partition coefficient (Wildman–Crippen LogP) is 2.98. The fraction of sp³-hybridized carbons (Fsp3) is 0.696. The molecule has 0 radical (unpaired) electrons. The van der Waals surface area contributed by atoms with Crippen molar-refractivity contribution in [3.05, 3.63) is 33.3 Å². The molecule has 2 saturated heterocycles. The molecule has 0 aliphatic carbocycles. The maximum absolute atomic E-state index is 11.8. The van der Waals surface area contributed by atoms with E-state index in [1.54, 1.807) is 4.88 Å². The lowest BCUT2D eigenvalue weighted by molar-refractivity contribution is -0.127. The van der Waals surface area contributed by atoms with Crippen molar-refractivity contribution in [3.8, 4) is 0 Å². The van der Waals surface area contributed by atoms with E-state index in [-0.39, 0.29) is 11.5 Å². The Morgan fingerprint density at radius 3 is 2.97 bits per heavy atom. The molecule has 2 aromatic heterocycles. The number of carbonyl (C=O) groups excluding carboxylic acids is 1. The number of carbonyl (C=O) groups is 1. The summed E-state index contributed by atoms with van der Waals surface area (Å²) in [6.07, 6.45) is 7.95. The molecule has 8 heteroatoms. The van der Waals surface area contributed by atoms with Crippen LogP contribution >= 0.6 is 11.3 Å². The molecular formula is C23H33N5O2S. The quantitative estimate of drug-likeness (QED) is 0.687. The van der Waals surface area contributed by atoms with Gasteiger partial charge in [-0.2, -0.15) is 0 Å². The molecule has 1 amide bonds. The SMILES string of the molecule is CCc1cc2c(s1)CCO[C@@]21CCN(Cc2cn(CCN3CCCC3=O)nn2)[C@@H](C)C1. The molecule has 5 heterocycles. The normalized spacial score (nSPS) is 26.7. The average molecular weight is 444 g/mol. The summed E-state index contributed by atoms with van der Waals surface area (Å²) in [4.78, 5) is 19.3. The summed E-state index contributed by atoms with van der Waals surface area (Å²) in [5.41, 5.74) is 2.37. The molecule has 2 fully saturated rings. The van der Waals surface area contributed by atoms with Crippen molar-refractivity contribution >= 4 is 17.2 Å². The highest BCUT2D eigenvalue weighted by atomic mass is 32.1. The van der Waals surface area contributed by atoms with Crippen LogP contribution < -0.4 is 0 Å². The summed E-state index contributed by atoms with van der Waals surface area (Å²) in [5.74, 6) is 0.265. The van der Waals surface area contributed by atoms with Crippen molar-refractivity contribution in [2.24, 2.45) is 0 Å². The fourth-order valence-electron chi connectivity index (χ4n) is 5.40. The van der Waals surface area contributed by atoms with Gasteiger partial charge in [-0.05, 0) is 44.2 Å². The van der Waals surface area contributed by atoms with Crippen molar-refractivity contribution < 1.29 is 9.53 Å². The molecule has 1 spiro atoms.